The SMILES string of the molecule is COc1cc2c(c(OC)c1OC)-c1c(cc3c(c1OC)OCO3)C[C@@H]1CO[C@H]2[C@H]1C. The number of benzene rings is 2. The fourth-order valence-electron chi connectivity index (χ4n) is 5.03. The van der Waals surface area contributed by atoms with E-state index in [9.17, 15) is 0 Å². The largest absolute Gasteiger partial charge is 0.493 e. The van der Waals surface area contributed by atoms with Crippen LogP contribution in [-0.2, 0) is 11.2 Å². The summed E-state index contributed by atoms with van der Waals surface area (Å²) in [7, 11) is 6.52. The van der Waals surface area contributed by atoms with Gasteiger partial charge in [0.15, 0.2) is 23.0 Å². The van der Waals surface area contributed by atoms with Gasteiger partial charge < -0.3 is 33.2 Å². The van der Waals surface area contributed by atoms with Crippen LogP contribution in [0.1, 0.15) is 24.2 Å². The van der Waals surface area contributed by atoms with Crippen molar-refractivity contribution in [1.82, 2.24) is 0 Å². The van der Waals surface area contributed by atoms with E-state index >= 15 is 0 Å². The minimum absolute atomic E-state index is 0.0815. The van der Waals surface area contributed by atoms with Gasteiger partial charge in [-0.05, 0) is 41.5 Å². The van der Waals surface area contributed by atoms with Crippen molar-refractivity contribution in [3.8, 4) is 45.6 Å². The van der Waals surface area contributed by atoms with Crippen LogP contribution in [0.15, 0.2) is 12.1 Å². The predicted molar refractivity (Wildman–Crippen MR) is 109 cm³/mol. The minimum atomic E-state index is -0.0815. The zero-order valence-electron chi connectivity index (χ0n) is 17.9. The summed E-state index contributed by atoms with van der Waals surface area (Å²) in [5.41, 5.74) is 3.93. The Labute approximate surface area is 175 Å². The zero-order chi connectivity index (χ0) is 21.0. The standard InChI is InChI=1S/C23H26O7/c1-11-13-6-12-7-16-21(30-10-29-16)22(26-4)17(12)18-14(19(11)28-9-13)8-15(24-2)20(25-3)23(18)27-5/h7-8,11,13,19H,6,9-10H2,1-5H3/t11-,13+,19-/m0/s1. The lowest BCUT2D eigenvalue weighted by atomic mass is 9.77. The molecule has 0 saturated carbocycles. The molecule has 7 nitrogen and oxygen atoms in total. The molecule has 0 radical (unpaired) electrons. The number of methoxy groups -OCH3 is 4. The third kappa shape index (κ3) is 2.54. The van der Waals surface area contributed by atoms with Gasteiger partial charge >= 0.3 is 0 Å². The molecule has 0 spiro atoms. The lowest BCUT2D eigenvalue weighted by Crippen LogP contribution is -2.18. The lowest BCUT2D eigenvalue weighted by Gasteiger charge is -2.30. The quantitative estimate of drug-likeness (QED) is 0.749. The Hall–Kier alpha value is -2.80. The molecule has 1 fully saturated rings. The fourth-order valence-corrected chi connectivity index (χ4v) is 5.03. The summed E-state index contributed by atoms with van der Waals surface area (Å²) in [6, 6.07) is 4.06. The van der Waals surface area contributed by atoms with Crippen molar-refractivity contribution < 1.29 is 33.2 Å². The van der Waals surface area contributed by atoms with Gasteiger partial charge in [0, 0.05) is 11.1 Å². The van der Waals surface area contributed by atoms with Crippen LogP contribution >= 0.6 is 0 Å². The summed E-state index contributed by atoms with van der Waals surface area (Å²) >= 11 is 0. The highest BCUT2D eigenvalue weighted by Gasteiger charge is 2.43. The fraction of sp³-hybridized carbons (Fsp3) is 0.478. The van der Waals surface area contributed by atoms with Crippen molar-refractivity contribution in [2.45, 2.75) is 19.4 Å². The molecule has 5 rings (SSSR count). The highest BCUT2D eigenvalue weighted by atomic mass is 16.7. The van der Waals surface area contributed by atoms with Gasteiger partial charge in [0.25, 0.3) is 0 Å². The molecule has 1 saturated heterocycles. The summed E-state index contributed by atoms with van der Waals surface area (Å²) in [5.74, 6) is 4.40. The lowest BCUT2D eigenvalue weighted by molar-refractivity contribution is 0.0935. The Balaban J connectivity index is 1.92. The van der Waals surface area contributed by atoms with E-state index in [-0.39, 0.29) is 12.9 Å². The monoisotopic (exact) mass is 414 g/mol. The van der Waals surface area contributed by atoms with Crippen LogP contribution < -0.4 is 28.4 Å². The smallest absolute Gasteiger partial charge is 0.231 e. The molecule has 2 bridgehead atoms. The first kappa shape index (κ1) is 19.2. The molecule has 0 N–H and O–H groups in total. The first-order chi connectivity index (χ1) is 14.6. The molecule has 7 heteroatoms. The molecule has 0 unspecified atom stereocenters. The van der Waals surface area contributed by atoms with Crippen molar-refractivity contribution in [1.29, 1.82) is 0 Å². The Morgan fingerprint density at radius 3 is 2.33 bits per heavy atom. The van der Waals surface area contributed by atoms with Gasteiger partial charge in [-0.25, -0.2) is 0 Å². The van der Waals surface area contributed by atoms with Crippen LogP contribution in [0.3, 0.4) is 0 Å². The molecule has 0 aromatic heterocycles. The molecule has 30 heavy (non-hydrogen) atoms. The molecule has 2 aromatic rings. The van der Waals surface area contributed by atoms with E-state index in [0.29, 0.717) is 52.9 Å². The molecule has 0 amide bonds. The normalized spacial score (nSPS) is 23.2. The van der Waals surface area contributed by atoms with Gasteiger partial charge in [-0.15, -0.1) is 0 Å². The Morgan fingerprint density at radius 2 is 1.63 bits per heavy atom. The second-order valence-corrected chi connectivity index (χ2v) is 7.86. The summed E-state index contributed by atoms with van der Waals surface area (Å²) in [6.07, 6.45) is 0.763. The summed E-state index contributed by atoms with van der Waals surface area (Å²) in [4.78, 5) is 0. The van der Waals surface area contributed by atoms with E-state index in [4.69, 9.17) is 33.2 Å². The third-order valence-electron chi connectivity index (χ3n) is 6.52. The molecule has 160 valence electrons. The molecule has 2 aliphatic heterocycles. The predicted octanol–water partition coefficient (Wildman–Crippen LogP) is 4.00. The van der Waals surface area contributed by atoms with Gasteiger partial charge in [0.05, 0.1) is 41.2 Å². The summed E-state index contributed by atoms with van der Waals surface area (Å²) < 4.78 is 40.9. The Kier molecular flexibility index (Phi) is 4.58. The molecule has 3 atom stereocenters. The average molecular weight is 414 g/mol. The zero-order valence-corrected chi connectivity index (χ0v) is 17.9. The van der Waals surface area contributed by atoms with Crippen molar-refractivity contribution >= 4 is 0 Å². The van der Waals surface area contributed by atoms with Crippen LogP contribution in [0.5, 0.6) is 34.5 Å². The van der Waals surface area contributed by atoms with E-state index in [1.54, 1.807) is 28.4 Å². The first-order valence-corrected chi connectivity index (χ1v) is 10.1. The molecule has 2 aromatic carbocycles. The summed E-state index contributed by atoms with van der Waals surface area (Å²) in [6.45, 7) is 3.11. The van der Waals surface area contributed by atoms with Gasteiger partial charge in [-0.3, -0.25) is 0 Å². The molecule has 3 aliphatic rings. The van der Waals surface area contributed by atoms with Gasteiger partial charge in [-0.1, -0.05) is 6.92 Å². The molecule has 2 heterocycles. The van der Waals surface area contributed by atoms with Gasteiger partial charge in [-0.2, -0.15) is 0 Å². The Bertz CT molecular complexity index is 1000. The molecular formula is C23H26O7. The van der Waals surface area contributed by atoms with E-state index in [2.05, 4.69) is 13.0 Å². The van der Waals surface area contributed by atoms with Crippen molar-refractivity contribution in [2.24, 2.45) is 11.8 Å². The van der Waals surface area contributed by atoms with Crippen LogP contribution in [0.4, 0.5) is 0 Å². The number of ether oxygens (including phenoxy) is 7. The second-order valence-electron chi connectivity index (χ2n) is 7.86. The molecule has 1 aliphatic carbocycles. The van der Waals surface area contributed by atoms with Crippen molar-refractivity contribution in [3.63, 3.8) is 0 Å². The number of rotatable bonds is 4. The highest BCUT2D eigenvalue weighted by Crippen LogP contribution is 2.59. The number of hydrogen-bond acceptors (Lipinski definition) is 7. The van der Waals surface area contributed by atoms with E-state index in [1.165, 1.54) is 0 Å². The van der Waals surface area contributed by atoms with Crippen molar-refractivity contribution in [2.75, 3.05) is 41.8 Å². The summed E-state index contributed by atoms with van der Waals surface area (Å²) in [5, 5.41) is 0. The number of hydrogen-bond donors (Lipinski definition) is 0. The van der Waals surface area contributed by atoms with Crippen LogP contribution in [0, 0.1) is 11.8 Å². The van der Waals surface area contributed by atoms with E-state index < -0.39 is 0 Å². The van der Waals surface area contributed by atoms with Crippen molar-refractivity contribution in [3.05, 3.63) is 23.3 Å². The minimum Gasteiger partial charge on any atom is -0.493 e. The van der Waals surface area contributed by atoms with Crippen LogP contribution in [0.2, 0.25) is 0 Å². The van der Waals surface area contributed by atoms with E-state index in [0.717, 1.165) is 28.7 Å². The maximum atomic E-state index is 6.30. The van der Waals surface area contributed by atoms with Crippen LogP contribution in [-0.4, -0.2) is 41.8 Å². The first-order valence-electron chi connectivity index (χ1n) is 10.1. The average Bonchev–Trinajstić information content (AvgIpc) is 3.38. The topological polar surface area (TPSA) is 64.6 Å². The second kappa shape index (κ2) is 7.16. The Morgan fingerprint density at radius 1 is 0.867 bits per heavy atom. The van der Waals surface area contributed by atoms with Crippen LogP contribution in [0.25, 0.3) is 11.1 Å². The molecular weight excluding hydrogens is 388 g/mol. The van der Waals surface area contributed by atoms with E-state index in [1.807, 2.05) is 6.07 Å². The maximum absolute atomic E-state index is 6.30. The number of fused-ring (bicyclic) bond motifs is 7. The van der Waals surface area contributed by atoms with Gasteiger partial charge in [0.1, 0.15) is 0 Å². The maximum Gasteiger partial charge on any atom is 0.231 e. The van der Waals surface area contributed by atoms with Gasteiger partial charge in [0.2, 0.25) is 18.3 Å². The highest BCUT2D eigenvalue weighted by molar-refractivity contribution is 5.89. The third-order valence-corrected chi connectivity index (χ3v) is 6.52.